The molecular weight excluding hydrogens is 354 g/mol. The van der Waals surface area contributed by atoms with Crippen molar-refractivity contribution in [2.45, 2.75) is 12.8 Å². The Hall–Kier alpha value is -3.47. The summed E-state index contributed by atoms with van der Waals surface area (Å²) in [6, 6.07) is 12.1. The lowest BCUT2D eigenvalue weighted by molar-refractivity contribution is -0.123. The minimum Gasteiger partial charge on any atom is -0.508 e. The summed E-state index contributed by atoms with van der Waals surface area (Å²) < 4.78 is 5.74. The van der Waals surface area contributed by atoms with Crippen LogP contribution in [0.5, 0.6) is 17.2 Å². The number of phenolic OH excluding ortho intramolecular Hbond substituents is 2. The second-order valence-electron chi connectivity index (χ2n) is 6.56. The van der Waals surface area contributed by atoms with E-state index in [1.807, 2.05) is 36.4 Å². The zero-order valence-corrected chi connectivity index (χ0v) is 15.5. The van der Waals surface area contributed by atoms with Gasteiger partial charge in [-0.05, 0) is 54.3 Å². The Bertz CT molecular complexity index is 874. The number of ether oxygens (including phenoxy) is 1. The lowest BCUT2D eigenvalue weighted by Gasteiger charge is -2.16. The third kappa shape index (κ3) is 5.27. The Balaban J connectivity index is 1.42. The van der Waals surface area contributed by atoms with Crippen molar-refractivity contribution >= 4 is 18.1 Å². The second kappa shape index (κ2) is 8.95. The first-order valence-corrected chi connectivity index (χ1v) is 9.14. The van der Waals surface area contributed by atoms with Crippen molar-refractivity contribution in [2.24, 2.45) is 0 Å². The van der Waals surface area contributed by atoms with Crippen LogP contribution in [-0.2, 0) is 4.79 Å². The van der Waals surface area contributed by atoms with Gasteiger partial charge in [0, 0.05) is 24.4 Å². The maximum atomic E-state index is 11.6. The molecule has 5 heteroatoms. The third-order valence-corrected chi connectivity index (χ3v) is 4.35. The number of hydrogen-bond acceptors (Lipinski definition) is 4. The standard InChI is InChI=1S/C23H23NO4/c1-17-4-11-23(27)24(17)12-2-3-13-28-22-9-7-18(8-10-22)5-6-19-14-20(25)16-21(26)15-19/h4-11,14-16,25-26H,1-3,12-13H2/b6-5+. The molecule has 0 unspecified atom stereocenters. The number of hydrogen-bond donors (Lipinski definition) is 2. The van der Waals surface area contributed by atoms with E-state index in [0.717, 1.165) is 29.9 Å². The van der Waals surface area contributed by atoms with E-state index < -0.39 is 0 Å². The van der Waals surface area contributed by atoms with Gasteiger partial charge in [0.1, 0.15) is 17.2 Å². The fraction of sp³-hybridized carbons (Fsp3) is 0.174. The molecule has 5 nitrogen and oxygen atoms in total. The number of allylic oxidation sites excluding steroid dienone is 1. The maximum absolute atomic E-state index is 11.6. The summed E-state index contributed by atoms with van der Waals surface area (Å²) in [6.07, 6.45) is 8.68. The van der Waals surface area contributed by atoms with Gasteiger partial charge in [-0.25, -0.2) is 0 Å². The zero-order valence-electron chi connectivity index (χ0n) is 15.5. The van der Waals surface area contributed by atoms with E-state index in [1.54, 1.807) is 23.1 Å². The molecule has 0 bridgehead atoms. The molecule has 2 N–H and O–H groups in total. The Labute approximate surface area is 164 Å². The van der Waals surface area contributed by atoms with Crippen molar-refractivity contribution in [3.05, 3.63) is 78.0 Å². The molecule has 0 fully saturated rings. The van der Waals surface area contributed by atoms with E-state index in [0.29, 0.717) is 18.7 Å². The molecule has 0 radical (unpaired) electrons. The number of carbonyl (C=O) groups is 1. The van der Waals surface area contributed by atoms with Gasteiger partial charge < -0.3 is 19.8 Å². The second-order valence-corrected chi connectivity index (χ2v) is 6.56. The first-order valence-electron chi connectivity index (χ1n) is 9.14. The summed E-state index contributed by atoms with van der Waals surface area (Å²) >= 11 is 0. The smallest absolute Gasteiger partial charge is 0.251 e. The van der Waals surface area contributed by atoms with Crippen LogP contribution < -0.4 is 4.74 Å². The Morgan fingerprint density at radius 3 is 2.25 bits per heavy atom. The van der Waals surface area contributed by atoms with Gasteiger partial charge in [0.05, 0.1) is 6.61 Å². The average molecular weight is 377 g/mol. The van der Waals surface area contributed by atoms with Gasteiger partial charge >= 0.3 is 0 Å². The number of carbonyl (C=O) groups excluding carboxylic acids is 1. The first-order chi connectivity index (χ1) is 13.5. The molecular formula is C23H23NO4. The number of amides is 1. The highest BCUT2D eigenvalue weighted by molar-refractivity contribution is 5.92. The van der Waals surface area contributed by atoms with E-state index in [-0.39, 0.29) is 17.4 Å². The minimum absolute atomic E-state index is 0.00418. The van der Waals surface area contributed by atoms with Crippen LogP contribution >= 0.6 is 0 Å². The highest BCUT2D eigenvalue weighted by Crippen LogP contribution is 2.22. The molecule has 1 heterocycles. The van der Waals surface area contributed by atoms with E-state index in [2.05, 4.69) is 6.58 Å². The maximum Gasteiger partial charge on any atom is 0.251 e. The third-order valence-electron chi connectivity index (χ3n) is 4.35. The highest BCUT2D eigenvalue weighted by atomic mass is 16.5. The summed E-state index contributed by atoms with van der Waals surface area (Å²) in [5.74, 6) is 0.835. The molecule has 2 aromatic rings. The monoisotopic (exact) mass is 377 g/mol. The van der Waals surface area contributed by atoms with Crippen molar-refractivity contribution in [3.8, 4) is 17.2 Å². The molecule has 0 aromatic heterocycles. The van der Waals surface area contributed by atoms with Crippen LogP contribution in [0, 0.1) is 0 Å². The molecule has 3 rings (SSSR count). The van der Waals surface area contributed by atoms with Gasteiger partial charge in [0.15, 0.2) is 0 Å². The molecule has 0 atom stereocenters. The van der Waals surface area contributed by atoms with Crippen LogP contribution in [-0.4, -0.2) is 34.2 Å². The quantitative estimate of drug-likeness (QED) is 0.530. The van der Waals surface area contributed by atoms with Crippen molar-refractivity contribution in [3.63, 3.8) is 0 Å². The highest BCUT2D eigenvalue weighted by Gasteiger charge is 2.17. The Kier molecular flexibility index (Phi) is 6.17. The lowest BCUT2D eigenvalue weighted by Crippen LogP contribution is -2.24. The fourth-order valence-corrected chi connectivity index (χ4v) is 2.89. The van der Waals surface area contributed by atoms with E-state index in [4.69, 9.17) is 4.74 Å². The number of nitrogens with zero attached hydrogens (tertiary/aromatic N) is 1. The predicted octanol–water partition coefficient (Wildman–Crippen LogP) is 4.34. The molecule has 2 aromatic carbocycles. The molecule has 144 valence electrons. The molecule has 0 saturated carbocycles. The van der Waals surface area contributed by atoms with Crippen molar-refractivity contribution < 1.29 is 19.7 Å². The topological polar surface area (TPSA) is 70.0 Å². The fourth-order valence-electron chi connectivity index (χ4n) is 2.89. The summed E-state index contributed by atoms with van der Waals surface area (Å²) in [7, 11) is 0. The Morgan fingerprint density at radius 2 is 1.61 bits per heavy atom. The number of unbranched alkanes of at least 4 members (excludes halogenated alkanes) is 1. The van der Waals surface area contributed by atoms with Crippen LogP contribution in [0.25, 0.3) is 12.2 Å². The largest absolute Gasteiger partial charge is 0.508 e. The lowest BCUT2D eigenvalue weighted by atomic mass is 10.1. The average Bonchev–Trinajstić information content (AvgIpc) is 2.98. The minimum atomic E-state index is -0.00418. The van der Waals surface area contributed by atoms with Gasteiger partial charge in [0.2, 0.25) is 0 Å². The van der Waals surface area contributed by atoms with E-state index >= 15 is 0 Å². The molecule has 1 aliphatic heterocycles. The summed E-state index contributed by atoms with van der Waals surface area (Å²) in [6.45, 7) is 5.08. The van der Waals surface area contributed by atoms with Crippen LogP contribution in [0.2, 0.25) is 0 Å². The van der Waals surface area contributed by atoms with Gasteiger partial charge in [-0.1, -0.05) is 30.9 Å². The summed E-state index contributed by atoms with van der Waals surface area (Å²) in [4.78, 5) is 13.3. The molecule has 28 heavy (non-hydrogen) atoms. The van der Waals surface area contributed by atoms with Crippen LogP contribution in [0.4, 0.5) is 0 Å². The van der Waals surface area contributed by atoms with Crippen molar-refractivity contribution in [1.29, 1.82) is 0 Å². The molecule has 0 spiro atoms. The first kappa shape index (κ1) is 19.3. The number of benzene rings is 2. The van der Waals surface area contributed by atoms with E-state index in [9.17, 15) is 15.0 Å². The number of phenols is 2. The van der Waals surface area contributed by atoms with Gasteiger partial charge in [0.25, 0.3) is 5.91 Å². The molecule has 0 saturated heterocycles. The van der Waals surface area contributed by atoms with Crippen LogP contribution in [0.3, 0.4) is 0 Å². The molecule has 1 amide bonds. The predicted molar refractivity (Wildman–Crippen MR) is 110 cm³/mol. The zero-order chi connectivity index (χ0) is 19.9. The molecule has 0 aliphatic carbocycles. The summed E-state index contributed by atoms with van der Waals surface area (Å²) in [5.41, 5.74) is 2.44. The van der Waals surface area contributed by atoms with Crippen LogP contribution in [0.1, 0.15) is 24.0 Å². The SMILES string of the molecule is C=C1C=CC(=O)N1CCCCOc1ccc(/C=C/c2cc(O)cc(O)c2)cc1. The summed E-state index contributed by atoms with van der Waals surface area (Å²) in [5, 5.41) is 19.0. The van der Waals surface area contributed by atoms with Crippen molar-refractivity contribution in [2.75, 3.05) is 13.2 Å². The number of aromatic hydroxyl groups is 2. The number of rotatable bonds is 8. The van der Waals surface area contributed by atoms with Gasteiger partial charge in [-0.2, -0.15) is 0 Å². The van der Waals surface area contributed by atoms with E-state index in [1.165, 1.54) is 12.1 Å². The van der Waals surface area contributed by atoms with Gasteiger partial charge in [-0.15, -0.1) is 0 Å². The van der Waals surface area contributed by atoms with Crippen LogP contribution in [0.15, 0.2) is 66.9 Å². The van der Waals surface area contributed by atoms with Gasteiger partial charge in [-0.3, -0.25) is 4.79 Å². The molecule has 1 aliphatic rings. The normalized spacial score (nSPS) is 13.6. The van der Waals surface area contributed by atoms with Crippen molar-refractivity contribution in [1.82, 2.24) is 4.90 Å². The Morgan fingerprint density at radius 1 is 0.929 bits per heavy atom.